The van der Waals surface area contributed by atoms with Crippen molar-refractivity contribution in [1.29, 1.82) is 5.26 Å². The maximum atomic E-state index is 8.45. The summed E-state index contributed by atoms with van der Waals surface area (Å²) in [5.41, 5.74) is 2.92. The molecule has 0 N–H and O–H groups in total. The summed E-state index contributed by atoms with van der Waals surface area (Å²) < 4.78 is 0. The lowest BCUT2D eigenvalue weighted by molar-refractivity contribution is 0.296. The van der Waals surface area contributed by atoms with E-state index < -0.39 is 0 Å². The molecule has 0 unspecified atom stereocenters. The molecular weight excluding hydrogens is 266 g/mol. The van der Waals surface area contributed by atoms with Gasteiger partial charge in [-0.2, -0.15) is 5.26 Å². The molecule has 1 aliphatic carbocycles. The van der Waals surface area contributed by atoms with E-state index in [-0.39, 0.29) is 0 Å². The number of aryl methyl sites for hydroxylation is 2. The van der Waals surface area contributed by atoms with Crippen LogP contribution in [0.5, 0.6) is 0 Å². The van der Waals surface area contributed by atoms with Crippen LogP contribution in [0.15, 0.2) is 48.6 Å². The van der Waals surface area contributed by atoms with Crippen LogP contribution in [0.1, 0.15) is 50.2 Å². The Balaban J connectivity index is 1.70. The third-order valence-electron chi connectivity index (χ3n) is 4.83. The van der Waals surface area contributed by atoms with Crippen LogP contribution in [-0.4, -0.2) is 0 Å². The maximum Gasteiger partial charge on any atom is 0.0912 e. The smallest absolute Gasteiger partial charge is 0.0912 e. The normalized spacial score (nSPS) is 22.2. The van der Waals surface area contributed by atoms with Crippen LogP contribution in [0, 0.1) is 23.2 Å². The lowest BCUT2D eigenvalue weighted by Crippen LogP contribution is -2.13. The van der Waals surface area contributed by atoms with Crippen molar-refractivity contribution in [3.8, 4) is 6.07 Å². The number of hydrogen-bond donors (Lipinski definition) is 0. The van der Waals surface area contributed by atoms with Gasteiger partial charge in [0.1, 0.15) is 0 Å². The molecule has 0 aliphatic heterocycles. The van der Waals surface area contributed by atoms with E-state index in [1.54, 1.807) is 0 Å². The number of benzene rings is 1. The van der Waals surface area contributed by atoms with Gasteiger partial charge in [0.15, 0.2) is 0 Å². The molecule has 0 aromatic heterocycles. The molecule has 1 saturated carbocycles. The van der Waals surface area contributed by atoms with Crippen molar-refractivity contribution < 1.29 is 0 Å². The Morgan fingerprint density at radius 3 is 2.36 bits per heavy atom. The summed E-state index contributed by atoms with van der Waals surface area (Å²) in [6.07, 6.45) is 16.7. The van der Waals surface area contributed by atoms with Crippen LogP contribution in [0.2, 0.25) is 0 Å². The van der Waals surface area contributed by atoms with Crippen molar-refractivity contribution in [2.45, 2.75) is 51.9 Å². The lowest BCUT2D eigenvalue weighted by Gasteiger charge is -2.26. The minimum absolute atomic E-state index is 0.712. The van der Waals surface area contributed by atoms with Crippen LogP contribution in [0.25, 0.3) is 0 Å². The number of rotatable bonds is 6. The Hall–Kier alpha value is -1.81. The minimum Gasteiger partial charge on any atom is -0.193 e. The van der Waals surface area contributed by atoms with Gasteiger partial charge < -0.3 is 0 Å². The summed E-state index contributed by atoms with van der Waals surface area (Å²) >= 11 is 0. The summed E-state index contributed by atoms with van der Waals surface area (Å²) in [6, 6.07) is 11.2. The Morgan fingerprint density at radius 2 is 1.73 bits per heavy atom. The number of nitriles is 1. The second-order valence-corrected chi connectivity index (χ2v) is 6.36. The molecule has 2 rings (SSSR count). The van der Waals surface area contributed by atoms with Gasteiger partial charge in [0.25, 0.3) is 0 Å². The molecule has 0 heterocycles. The summed E-state index contributed by atoms with van der Waals surface area (Å²) in [5.74, 6) is 1.61. The van der Waals surface area contributed by atoms with E-state index in [4.69, 9.17) is 5.26 Å². The summed E-state index contributed by atoms with van der Waals surface area (Å²) in [4.78, 5) is 0. The first-order valence-corrected chi connectivity index (χ1v) is 8.62. The molecule has 1 heteroatoms. The van der Waals surface area contributed by atoms with Gasteiger partial charge in [0.05, 0.1) is 6.07 Å². The van der Waals surface area contributed by atoms with Crippen LogP contribution in [0.3, 0.4) is 0 Å². The van der Waals surface area contributed by atoms with Gasteiger partial charge in [-0.1, -0.05) is 49.4 Å². The first kappa shape index (κ1) is 16.6. The summed E-state index contributed by atoms with van der Waals surface area (Å²) in [7, 11) is 0. The van der Waals surface area contributed by atoms with Crippen molar-refractivity contribution in [2.75, 3.05) is 0 Å². The van der Waals surface area contributed by atoms with Crippen LogP contribution in [0.4, 0.5) is 0 Å². The fourth-order valence-corrected chi connectivity index (χ4v) is 3.30. The lowest BCUT2D eigenvalue weighted by atomic mass is 9.79. The van der Waals surface area contributed by atoms with Gasteiger partial charge in [-0.25, -0.2) is 0 Å². The second kappa shape index (κ2) is 9.26. The van der Waals surface area contributed by atoms with E-state index >= 15 is 0 Å². The quantitative estimate of drug-likeness (QED) is 0.493. The van der Waals surface area contributed by atoms with Crippen molar-refractivity contribution in [2.24, 2.45) is 11.8 Å². The largest absolute Gasteiger partial charge is 0.193 e. The molecule has 0 radical (unpaired) electrons. The average Bonchev–Trinajstić information content (AvgIpc) is 2.58. The zero-order chi connectivity index (χ0) is 15.6. The number of allylic oxidation sites excluding steroid dienone is 4. The van der Waals surface area contributed by atoms with Crippen molar-refractivity contribution in [3.63, 3.8) is 0 Å². The van der Waals surface area contributed by atoms with Crippen LogP contribution in [-0.2, 0) is 12.8 Å². The zero-order valence-electron chi connectivity index (χ0n) is 13.7. The van der Waals surface area contributed by atoms with Gasteiger partial charge in [-0.15, -0.1) is 0 Å². The molecule has 0 saturated heterocycles. The molecule has 1 aromatic rings. The van der Waals surface area contributed by atoms with Gasteiger partial charge in [-0.3, -0.25) is 0 Å². The molecule has 1 aromatic carbocycles. The highest BCUT2D eigenvalue weighted by molar-refractivity contribution is 5.22. The van der Waals surface area contributed by atoms with Gasteiger partial charge in [0, 0.05) is 6.08 Å². The Morgan fingerprint density at radius 1 is 1.05 bits per heavy atom. The Bertz CT molecular complexity index is 522. The average molecular weight is 293 g/mol. The fourth-order valence-electron chi connectivity index (χ4n) is 3.30. The van der Waals surface area contributed by atoms with Gasteiger partial charge in [-0.05, 0) is 67.9 Å². The van der Waals surface area contributed by atoms with E-state index in [0.29, 0.717) is 5.92 Å². The zero-order valence-corrected chi connectivity index (χ0v) is 13.7. The SMILES string of the molecule is CCc1ccc(CC[C@H]2CC[C@H](/C=C/C=C/C#N)CC2)cc1. The highest BCUT2D eigenvalue weighted by atomic mass is 14.2. The highest BCUT2D eigenvalue weighted by Gasteiger charge is 2.19. The van der Waals surface area contributed by atoms with Gasteiger partial charge >= 0.3 is 0 Å². The molecule has 1 nitrogen and oxygen atoms in total. The van der Waals surface area contributed by atoms with E-state index in [9.17, 15) is 0 Å². The van der Waals surface area contributed by atoms with Crippen LogP contribution >= 0.6 is 0 Å². The maximum absolute atomic E-state index is 8.45. The second-order valence-electron chi connectivity index (χ2n) is 6.36. The van der Waals surface area contributed by atoms with E-state index in [2.05, 4.69) is 37.3 Å². The van der Waals surface area contributed by atoms with Crippen molar-refractivity contribution in [1.82, 2.24) is 0 Å². The molecular formula is C21H27N. The van der Waals surface area contributed by atoms with Gasteiger partial charge in [0.2, 0.25) is 0 Å². The molecule has 0 amide bonds. The third kappa shape index (κ3) is 5.53. The standard InChI is InChI=1S/C21H27N/c1-2-18-7-9-20(10-8-18)15-16-21-13-11-19(12-14-21)6-4-3-5-17-22/h3-10,19,21H,2,11-16H2,1H3/b5-3+,6-4+/t19-,21-. The number of hydrogen-bond acceptors (Lipinski definition) is 1. The molecule has 0 spiro atoms. The predicted octanol–water partition coefficient (Wildman–Crippen LogP) is 5.62. The topological polar surface area (TPSA) is 23.8 Å². The van der Waals surface area contributed by atoms with E-state index in [0.717, 1.165) is 12.3 Å². The molecule has 1 fully saturated rings. The van der Waals surface area contributed by atoms with E-state index in [1.165, 1.54) is 55.7 Å². The molecule has 22 heavy (non-hydrogen) atoms. The summed E-state index contributed by atoms with van der Waals surface area (Å²) in [5, 5.41) is 8.45. The molecule has 0 bridgehead atoms. The molecule has 0 atom stereocenters. The fraction of sp³-hybridized carbons (Fsp3) is 0.476. The predicted molar refractivity (Wildman–Crippen MR) is 93.5 cm³/mol. The van der Waals surface area contributed by atoms with Crippen LogP contribution < -0.4 is 0 Å². The minimum atomic E-state index is 0.712. The molecule has 1 aliphatic rings. The summed E-state index contributed by atoms with van der Waals surface area (Å²) in [6.45, 7) is 2.21. The van der Waals surface area contributed by atoms with Crippen molar-refractivity contribution >= 4 is 0 Å². The highest BCUT2D eigenvalue weighted by Crippen LogP contribution is 2.32. The van der Waals surface area contributed by atoms with Crippen molar-refractivity contribution in [3.05, 3.63) is 59.7 Å². The third-order valence-corrected chi connectivity index (χ3v) is 4.83. The monoisotopic (exact) mass is 293 g/mol. The van der Waals surface area contributed by atoms with E-state index in [1.807, 2.05) is 18.2 Å². The first-order chi connectivity index (χ1) is 10.8. The first-order valence-electron chi connectivity index (χ1n) is 8.62. The Labute approximate surface area is 135 Å². The Kier molecular flexibility index (Phi) is 6.97. The molecule has 116 valence electrons. The number of nitrogens with zero attached hydrogens (tertiary/aromatic N) is 1.